The Morgan fingerprint density at radius 2 is 2.25 bits per heavy atom. The fourth-order valence-corrected chi connectivity index (χ4v) is 3.42. The molecule has 2 heterocycles. The first-order chi connectivity index (χ1) is 9.61. The van der Waals surface area contributed by atoms with E-state index >= 15 is 0 Å². The number of H-pyrrole nitrogens is 1. The number of aromatic amines is 1. The summed E-state index contributed by atoms with van der Waals surface area (Å²) in [6, 6.07) is 0. The average Bonchev–Trinajstić information content (AvgIpc) is 3.06. The van der Waals surface area contributed by atoms with E-state index in [0.29, 0.717) is 18.1 Å². The number of rotatable bonds is 4. The van der Waals surface area contributed by atoms with Crippen LogP contribution in [0, 0.1) is 13.8 Å². The van der Waals surface area contributed by atoms with Crippen molar-refractivity contribution in [2.45, 2.75) is 39.5 Å². The minimum Gasteiger partial charge on any atom is -0.462 e. The van der Waals surface area contributed by atoms with E-state index < -0.39 is 0 Å². The molecule has 1 saturated carbocycles. The Hall–Kier alpha value is -1.62. The lowest BCUT2D eigenvalue weighted by Crippen LogP contribution is -2.06. The highest BCUT2D eigenvalue weighted by molar-refractivity contribution is 7.10. The van der Waals surface area contributed by atoms with Crippen LogP contribution >= 0.6 is 11.3 Å². The van der Waals surface area contributed by atoms with Gasteiger partial charge in [0.25, 0.3) is 0 Å². The standard InChI is InChI=1S/C15H18N2O2S/c1-4-19-15(18)12-8(2)13(16-9(12)3)11-7-20-14(17-11)10-5-6-10/h7,10,16H,4-6H2,1-3H3. The summed E-state index contributed by atoms with van der Waals surface area (Å²) in [7, 11) is 0. The highest BCUT2D eigenvalue weighted by Crippen LogP contribution is 2.42. The number of nitrogens with zero attached hydrogens (tertiary/aromatic N) is 1. The maximum atomic E-state index is 12.0. The van der Waals surface area contributed by atoms with Crippen molar-refractivity contribution in [3.05, 3.63) is 27.2 Å². The molecule has 0 atom stereocenters. The quantitative estimate of drug-likeness (QED) is 0.871. The fourth-order valence-electron chi connectivity index (χ4n) is 2.44. The van der Waals surface area contributed by atoms with Crippen LogP contribution < -0.4 is 0 Å². The second kappa shape index (κ2) is 5.05. The number of thiazole rings is 1. The lowest BCUT2D eigenvalue weighted by Gasteiger charge is -2.02. The van der Waals surface area contributed by atoms with Gasteiger partial charge in [-0.15, -0.1) is 11.3 Å². The van der Waals surface area contributed by atoms with Crippen LogP contribution in [-0.4, -0.2) is 22.5 Å². The predicted octanol–water partition coefficient (Wildman–Crippen LogP) is 3.81. The van der Waals surface area contributed by atoms with E-state index in [1.165, 1.54) is 17.8 Å². The van der Waals surface area contributed by atoms with Crippen molar-refractivity contribution < 1.29 is 9.53 Å². The average molecular weight is 290 g/mol. The van der Waals surface area contributed by atoms with Crippen molar-refractivity contribution in [3.63, 3.8) is 0 Å². The zero-order chi connectivity index (χ0) is 14.3. The van der Waals surface area contributed by atoms with Gasteiger partial charge in [-0.2, -0.15) is 0 Å². The molecule has 0 radical (unpaired) electrons. The van der Waals surface area contributed by atoms with Crippen molar-refractivity contribution in [1.29, 1.82) is 0 Å². The van der Waals surface area contributed by atoms with E-state index in [9.17, 15) is 4.79 Å². The van der Waals surface area contributed by atoms with Crippen molar-refractivity contribution in [1.82, 2.24) is 9.97 Å². The third-order valence-electron chi connectivity index (χ3n) is 3.62. The van der Waals surface area contributed by atoms with Gasteiger partial charge in [-0.25, -0.2) is 9.78 Å². The lowest BCUT2D eigenvalue weighted by atomic mass is 10.1. The maximum Gasteiger partial charge on any atom is 0.340 e. The van der Waals surface area contributed by atoms with Crippen molar-refractivity contribution in [3.8, 4) is 11.4 Å². The molecule has 1 N–H and O–H groups in total. The lowest BCUT2D eigenvalue weighted by molar-refractivity contribution is 0.0525. The Kier molecular flexibility index (Phi) is 3.38. The number of aryl methyl sites for hydroxylation is 1. The number of hydrogen-bond donors (Lipinski definition) is 1. The van der Waals surface area contributed by atoms with Crippen molar-refractivity contribution >= 4 is 17.3 Å². The maximum absolute atomic E-state index is 12.0. The Labute approximate surface area is 122 Å². The molecule has 5 heteroatoms. The summed E-state index contributed by atoms with van der Waals surface area (Å²) in [5.41, 5.74) is 4.29. The summed E-state index contributed by atoms with van der Waals surface area (Å²) in [6.07, 6.45) is 2.51. The molecule has 106 valence electrons. The molecule has 4 nitrogen and oxygen atoms in total. The van der Waals surface area contributed by atoms with Crippen LogP contribution in [-0.2, 0) is 4.74 Å². The van der Waals surface area contributed by atoms with Gasteiger partial charge in [0.1, 0.15) is 0 Å². The van der Waals surface area contributed by atoms with Gasteiger partial charge in [-0.3, -0.25) is 0 Å². The first kappa shape index (κ1) is 13.4. The first-order valence-corrected chi connectivity index (χ1v) is 7.81. The summed E-state index contributed by atoms with van der Waals surface area (Å²) in [5.74, 6) is 0.400. The number of esters is 1. The van der Waals surface area contributed by atoms with Gasteiger partial charge >= 0.3 is 5.97 Å². The van der Waals surface area contributed by atoms with Gasteiger partial charge in [0, 0.05) is 17.0 Å². The molecular weight excluding hydrogens is 272 g/mol. The molecule has 0 amide bonds. The number of nitrogens with one attached hydrogen (secondary N) is 1. The van der Waals surface area contributed by atoms with Gasteiger partial charge in [0.2, 0.25) is 0 Å². The molecule has 0 aromatic carbocycles. The summed E-state index contributed by atoms with van der Waals surface area (Å²) < 4.78 is 5.12. The Bertz CT molecular complexity index is 653. The fraction of sp³-hybridized carbons (Fsp3) is 0.467. The van der Waals surface area contributed by atoms with Crippen molar-refractivity contribution in [2.75, 3.05) is 6.61 Å². The Morgan fingerprint density at radius 3 is 2.90 bits per heavy atom. The Morgan fingerprint density at radius 1 is 1.50 bits per heavy atom. The largest absolute Gasteiger partial charge is 0.462 e. The SMILES string of the molecule is CCOC(=O)c1c(C)[nH]c(-c2csc(C3CC3)n2)c1C. The molecule has 2 aromatic heterocycles. The predicted molar refractivity (Wildman–Crippen MR) is 79.3 cm³/mol. The van der Waals surface area contributed by atoms with Crippen LogP contribution in [0.15, 0.2) is 5.38 Å². The van der Waals surface area contributed by atoms with E-state index in [2.05, 4.69) is 10.4 Å². The second-order valence-electron chi connectivity index (χ2n) is 5.19. The van der Waals surface area contributed by atoms with Crippen LogP contribution in [0.3, 0.4) is 0 Å². The molecule has 2 aromatic rings. The zero-order valence-electron chi connectivity index (χ0n) is 11.9. The normalized spacial score (nSPS) is 14.6. The zero-order valence-corrected chi connectivity index (χ0v) is 12.8. The number of aromatic nitrogens is 2. The van der Waals surface area contributed by atoms with E-state index in [0.717, 1.165) is 22.6 Å². The third kappa shape index (κ3) is 2.26. The number of carbonyl (C=O) groups excluding carboxylic acids is 1. The molecule has 1 aliphatic rings. The van der Waals surface area contributed by atoms with E-state index in [4.69, 9.17) is 9.72 Å². The van der Waals surface area contributed by atoms with Gasteiger partial charge in [-0.05, 0) is 39.2 Å². The van der Waals surface area contributed by atoms with E-state index in [-0.39, 0.29) is 5.97 Å². The van der Waals surface area contributed by atoms with Gasteiger partial charge in [0.15, 0.2) is 0 Å². The summed E-state index contributed by atoms with van der Waals surface area (Å²) >= 11 is 1.71. The highest BCUT2D eigenvalue weighted by Gasteiger charge is 2.28. The second-order valence-corrected chi connectivity index (χ2v) is 6.08. The topological polar surface area (TPSA) is 55.0 Å². The molecule has 1 aliphatic carbocycles. The number of carbonyl (C=O) groups is 1. The molecule has 0 aliphatic heterocycles. The van der Waals surface area contributed by atoms with E-state index in [1.807, 2.05) is 20.8 Å². The molecule has 1 fully saturated rings. The smallest absolute Gasteiger partial charge is 0.340 e. The monoisotopic (exact) mass is 290 g/mol. The highest BCUT2D eigenvalue weighted by atomic mass is 32.1. The number of hydrogen-bond acceptors (Lipinski definition) is 4. The molecule has 0 unspecified atom stereocenters. The summed E-state index contributed by atoms with van der Waals surface area (Å²) in [5, 5.41) is 3.28. The summed E-state index contributed by atoms with van der Waals surface area (Å²) in [6.45, 7) is 6.05. The molecular formula is C15H18N2O2S. The molecule has 0 bridgehead atoms. The molecule has 0 saturated heterocycles. The van der Waals surface area contributed by atoms with Crippen LogP contribution in [0.4, 0.5) is 0 Å². The van der Waals surface area contributed by atoms with Gasteiger partial charge in [-0.1, -0.05) is 0 Å². The van der Waals surface area contributed by atoms with Crippen LogP contribution in [0.1, 0.15) is 52.3 Å². The first-order valence-electron chi connectivity index (χ1n) is 6.93. The minimum absolute atomic E-state index is 0.261. The third-order valence-corrected chi connectivity index (χ3v) is 4.63. The van der Waals surface area contributed by atoms with E-state index in [1.54, 1.807) is 11.3 Å². The molecule has 20 heavy (non-hydrogen) atoms. The Balaban J connectivity index is 1.97. The molecule has 3 rings (SSSR count). The molecule has 0 spiro atoms. The van der Waals surface area contributed by atoms with Crippen LogP contribution in [0.5, 0.6) is 0 Å². The number of ether oxygens (including phenoxy) is 1. The van der Waals surface area contributed by atoms with Crippen LogP contribution in [0.2, 0.25) is 0 Å². The van der Waals surface area contributed by atoms with Crippen molar-refractivity contribution in [2.24, 2.45) is 0 Å². The van der Waals surface area contributed by atoms with Gasteiger partial charge < -0.3 is 9.72 Å². The van der Waals surface area contributed by atoms with Crippen LogP contribution in [0.25, 0.3) is 11.4 Å². The minimum atomic E-state index is -0.261. The van der Waals surface area contributed by atoms with Gasteiger partial charge in [0.05, 0.1) is 28.6 Å². The summed E-state index contributed by atoms with van der Waals surface area (Å²) in [4.78, 5) is 20.0.